The third-order valence-corrected chi connectivity index (χ3v) is 4.20. The molecule has 4 aromatic rings. The van der Waals surface area contributed by atoms with Gasteiger partial charge in [0, 0.05) is 24.0 Å². The fourth-order valence-corrected chi connectivity index (χ4v) is 2.76. The maximum atomic E-state index is 12.4. The molecular formula is C20H16N4O4. The van der Waals surface area contributed by atoms with Crippen LogP contribution in [-0.4, -0.2) is 27.6 Å². The highest BCUT2D eigenvalue weighted by molar-refractivity contribution is 5.93. The van der Waals surface area contributed by atoms with Crippen molar-refractivity contribution in [3.63, 3.8) is 0 Å². The van der Waals surface area contributed by atoms with Gasteiger partial charge in [0.05, 0.1) is 13.7 Å². The summed E-state index contributed by atoms with van der Waals surface area (Å²) in [4.78, 5) is 29.0. The number of carbonyl (C=O) groups is 1. The van der Waals surface area contributed by atoms with Crippen LogP contribution < -0.4 is 15.6 Å². The molecule has 0 saturated carbocycles. The molecule has 28 heavy (non-hydrogen) atoms. The third-order valence-electron chi connectivity index (χ3n) is 4.20. The number of hydrogen-bond acceptors (Lipinski definition) is 6. The largest absolute Gasteiger partial charge is 0.497 e. The van der Waals surface area contributed by atoms with Crippen LogP contribution in [0.15, 0.2) is 70.2 Å². The summed E-state index contributed by atoms with van der Waals surface area (Å²) in [5, 5.41) is 6.63. The van der Waals surface area contributed by atoms with E-state index in [-0.39, 0.29) is 12.1 Å². The maximum absolute atomic E-state index is 12.4. The number of rotatable bonds is 5. The number of fused-ring (bicyclic) bond motifs is 1. The number of benzene rings is 1. The second-order valence-corrected chi connectivity index (χ2v) is 6.00. The van der Waals surface area contributed by atoms with Crippen LogP contribution in [0.5, 0.6) is 5.75 Å². The molecule has 1 N–H and O–H groups in total. The van der Waals surface area contributed by atoms with Crippen molar-refractivity contribution in [2.45, 2.75) is 6.54 Å². The zero-order chi connectivity index (χ0) is 19.5. The molecule has 4 rings (SSSR count). The summed E-state index contributed by atoms with van der Waals surface area (Å²) >= 11 is 0. The molecule has 0 aliphatic heterocycles. The Balaban J connectivity index is 1.49. The normalized spacial score (nSPS) is 10.8. The molecule has 0 aliphatic carbocycles. The molecule has 8 nitrogen and oxygen atoms in total. The summed E-state index contributed by atoms with van der Waals surface area (Å²) in [6.07, 6.45) is 2.84. The molecular weight excluding hydrogens is 360 g/mol. The Morgan fingerprint density at radius 2 is 2.11 bits per heavy atom. The monoisotopic (exact) mass is 376 g/mol. The van der Waals surface area contributed by atoms with Crippen LogP contribution in [0.25, 0.3) is 17.0 Å². The predicted molar refractivity (Wildman–Crippen MR) is 101 cm³/mol. The standard InChI is InChI=1S/C20H16N4O4/c1-27-15-6-4-5-13(9-15)17-10-14(23-28-17)11-22-19(25)16-12-21-18-7-2-3-8-24(18)20(16)26/h2-10,12H,11H2,1H3,(H,22,25). The molecule has 0 saturated heterocycles. The van der Waals surface area contributed by atoms with Gasteiger partial charge in [-0.2, -0.15) is 0 Å². The van der Waals surface area contributed by atoms with Gasteiger partial charge in [0.15, 0.2) is 5.76 Å². The van der Waals surface area contributed by atoms with E-state index >= 15 is 0 Å². The Bertz CT molecular complexity index is 1210. The van der Waals surface area contributed by atoms with E-state index in [9.17, 15) is 9.59 Å². The average molecular weight is 376 g/mol. The van der Waals surface area contributed by atoms with Crippen LogP contribution in [0.4, 0.5) is 0 Å². The van der Waals surface area contributed by atoms with Gasteiger partial charge in [-0.1, -0.05) is 23.4 Å². The molecule has 1 amide bonds. The van der Waals surface area contributed by atoms with Gasteiger partial charge in [0.1, 0.15) is 22.7 Å². The summed E-state index contributed by atoms with van der Waals surface area (Å²) in [5.41, 5.74) is 1.34. The number of methoxy groups -OCH3 is 1. The van der Waals surface area contributed by atoms with Crippen LogP contribution >= 0.6 is 0 Å². The first-order valence-electron chi connectivity index (χ1n) is 8.50. The summed E-state index contributed by atoms with van der Waals surface area (Å²) in [6.45, 7) is 0.114. The van der Waals surface area contributed by atoms with Gasteiger partial charge < -0.3 is 14.6 Å². The predicted octanol–water partition coefficient (Wildman–Crippen LogP) is 2.29. The number of aromatic nitrogens is 3. The highest BCUT2D eigenvalue weighted by Gasteiger charge is 2.14. The van der Waals surface area contributed by atoms with Crippen molar-refractivity contribution >= 4 is 11.6 Å². The molecule has 0 atom stereocenters. The molecule has 1 aromatic carbocycles. The van der Waals surface area contributed by atoms with E-state index in [4.69, 9.17) is 9.26 Å². The van der Waals surface area contributed by atoms with Gasteiger partial charge in [0.25, 0.3) is 11.5 Å². The average Bonchev–Trinajstić information content (AvgIpc) is 3.22. The molecule has 0 bridgehead atoms. The van der Waals surface area contributed by atoms with Crippen molar-refractivity contribution in [1.82, 2.24) is 19.9 Å². The number of carbonyl (C=O) groups excluding carboxylic acids is 1. The van der Waals surface area contributed by atoms with Gasteiger partial charge >= 0.3 is 0 Å². The van der Waals surface area contributed by atoms with Crippen molar-refractivity contribution in [3.05, 3.63) is 82.5 Å². The van der Waals surface area contributed by atoms with E-state index in [1.54, 1.807) is 37.6 Å². The summed E-state index contributed by atoms with van der Waals surface area (Å²) in [5.74, 6) is 0.727. The second kappa shape index (κ2) is 7.36. The Hall–Kier alpha value is -3.94. The lowest BCUT2D eigenvalue weighted by molar-refractivity contribution is 0.0948. The molecule has 0 spiro atoms. The fraction of sp³-hybridized carbons (Fsp3) is 0.100. The lowest BCUT2D eigenvalue weighted by Crippen LogP contribution is -2.31. The lowest BCUT2D eigenvalue weighted by Gasteiger charge is -2.04. The summed E-state index contributed by atoms with van der Waals surface area (Å²) in [7, 11) is 1.59. The molecule has 8 heteroatoms. The highest BCUT2D eigenvalue weighted by Crippen LogP contribution is 2.24. The minimum absolute atomic E-state index is 0.0415. The number of nitrogens with one attached hydrogen (secondary N) is 1. The molecule has 0 fully saturated rings. The topological polar surface area (TPSA) is 98.7 Å². The third kappa shape index (κ3) is 3.35. The Morgan fingerprint density at radius 1 is 1.21 bits per heavy atom. The first kappa shape index (κ1) is 17.5. The smallest absolute Gasteiger partial charge is 0.270 e. The van der Waals surface area contributed by atoms with E-state index in [0.29, 0.717) is 22.9 Å². The van der Waals surface area contributed by atoms with Gasteiger partial charge in [-0.15, -0.1) is 0 Å². The van der Waals surface area contributed by atoms with Gasteiger partial charge in [0.2, 0.25) is 0 Å². The highest BCUT2D eigenvalue weighted by atomic mass is 16.5. The van der Waals surface area contributed by atoms with E-state index in [2.05, 4.69) is 15.5 Å². The second-order valence-electron chi connectivity index (χ2n) is 6.00. The van der Waals surface area contributed by atoms with Crippen molar-refractivity contribution in [3.8, 4) is 17.1 Å². The molecule has 3 aromatic heterocycles. The Kier molecular flexibility index (Phi) is 4.59. The molecule has 0 unspecified atom stereocenters. The number of hydrogen-bond donors (Lipinski definition) is 1. The minimum atomic E-state index is -0.526. The molecule has 0 radical (unpaired) electrons. The van der Waals surface area contributed by atoms with Crippen molar-refractivity contribution in [2.24, 2.45) is 0 Å². The quantitative estimate of drug-likeness (QED) is 0.574. The molecule has 3 heterocycles. The van der Waals surface area contributed by atoms with Crippen LogP contribution in [0.2, 0.25) is 0 Å². The van der Waals surface area contributed by atoms with Crippen LogP contribution in [0.3, 0.4) is 0 Å². The number of pyridine rings is 1. The summed E-state index contributed by atoms with van der Waals surface area (Å²) < 4.78 is 11.9. The lowest BCUT2D eigenvalue weighted by atomic mass is 10.1. The maximum Gasteiger partial charge on any atom is 0.270 e. The Morgan fingerprint density at radius 3 is 2.96 bits per heavy atom. The van der Waals surface area contributed by atoms with E-state index in [1.165, 1.54) is 10.6 Å². The molecule has 140 valence electrons. The minimum Gasteiger partial charge on any atom is -0.497 e. The zero-order valence-corrected chi connectivity index (χ0v) is 15.0. The van der Waals surface area contributed by atoms with Crippen LogP contribution in [0.1, 0.15) is 16.1 Å². The van der Waals surface area contributed by atoms with E-state index < -0.39 is 11.5 Å². The first-order chi connectivity index (χ1) is 13.7. The summed E-state index contributed by atoms with van der Waals surface area (Å²) in [6, 6.07) is 14.3. The van der Waals surface area contributed by atoms with E-state index in [1.807, 2.05) is 24.3 Å². The fourth-order valence-electron chi connectivity index (χ4n) is 2.76. The van der Waals surface area contributed by atoms with Crippen LogP contribution in [0, 0.1) is 0 Å². The zero-order valence-electron chi connectivity index (χ0n) is 15.0. The van der Waals surface area contributed by atoms with Gasteiger partial charge in [-0.05, 0) is 24.3 Å². The SMILES string of the molecule is COc1cccc(-c2cc(CNC(=O)c3cnc4ccccn4c3=O)no2)c1. The van der Waals surface area contributed by atoms with Gasteiger partial charge in [-0.3, -0.25) is 14.0 Å². The number of amides is 1. The van der Waals surface area contributed by atoms with Crippen molar-refractivity contribution in [2.75, 3.05) is 7.11 Å². The van der Waals surface area contributed by atoms with Crippen molar-refractivity contribution in [1.29, 1.82) is 0 Å². The molecule has 0 aliphatic rings. The van der Waals surface area contributed by atoms with Crippen molar-refractivity contribution < 1.29 is 14.1 Å². The first-order valence-corrected chi connectivity index (χ1v) is 8.50. The van der Waals surface area contributed by atoms with Crippen LogP contribution in [-0.2, 0) is 6.54 Å². The Labute approximate surface area is 159 Å². The van der Waals surface area contributed by atoms with Gasteiger partial charge in [-0.25, -0.2) is 4.98 Å². The number of nitrogens with zero attached hydrogens (tertiary/aromatic N) is 3. The van der Waals surface area contributed by atoms with E-state index in [0.717, 1.165) is 5.56 Å². The number of ether oxygens (including phenoxy) is 1.